The highest BCUT2D eigenvalue weighted by Crippen LogP contribution is 2.21. The van der Waals surface area contributed by atoms with Crippen molar-refractivity contribution in [1.82, 2.24) is 25.1 Å². The lowest BCUT2D eigenvalue weighted by molar-refractivity contribution is 0.397. The maximum atomic E-state index is 5.57. The third kappa shape index (κ3) is 2.26. The van der Waals surface area contributed by atoms with Crippen molar-refractivity contribution in [2.75, 3.05) is 12.8 Å². The minimum Gasteiger partial charge on any atom is -0.481 e. The predicted molar refractivity (Wildman–Crippen MR) is 69.5 cm³/mol. The number of pyridine rings is 1. The number of hydrogen-bond acceptors (Lipinski definition) is 8. The summed E-state index contributed by atoms with van der Waals surface area (Å²) in [6.45, 7) is 0. The molecule has 3 rings (SSSR count). The maximum absolute atomic E-state index is 5.57. The maximum Gasteiger partial charge on any atom is 0.276 e. The van der Waals surface area contributed by atoms with Gasteiger partial charge in [-0.25, -0.2) is 15.0 Å². The Hall–Kier alpha value is -3.03. The van der Waals surface area contributed by atoms with E-state index in [0.717, 1.165) is 0 Å². The molecule has 0 amide bonds. The zero-order chi connectivity index (χ0) is 13.9. The van der Waals surface area contributed by atoms with Crippen LogP contribution in [0.15, 0.2) is 35.2 Å². The van der Waals surface area contributed by atoms with Gasteiger partial charge < -0.3 is 15.0 Å². The van der Waals surface area contributed by atoms with Crippen LogP contribution in [0.5, 0.6) is 5.88 Å². The Balaban J connectivity index is 1.95. The molecule has 0 spiro atoms. The van der Waals surface area contributed by atoms with Gasteiger partial charge in [-0.15, -0.1) is 0 Å². The summed E-state index contributed by atoms with van der Waals surface area (Å²) < 4.78 is 10.2. The van der Waals surface area contributed by atoms with Crippen LogP contribution in [0.2, 0.25) is 0 Å². The van der Waals surface area contributed by atoms with E-state index in [1.165, 1.54) is 19.6 Å². The molecule has 0 unspecified atom stereocenters. The number of nitrogens with two attached hydrogens (primary N) is 1. The summed E-state index contributed by atoms with van der Waals surface area (Å²) in [5.41, 5.74) is 7.18. The molecule has 8 nitrogen and oxygen atoms in total. The Bertz CT molecular complexity index is 725. The molecule has 0 aromatic carbocycles. The molecule has 0 aliphatic carbocycles. The first kappa shape index (κ1) is 12.0. The molecule has 0 bridgehead atoms. The number of anilines is 1. The molecule has 3 heterocycles. The van der Waals surface area contributed by atoms with Crippen molar-refractivity contribution in [2.24, 2.45) is 0 Å². The summed E-state index contributed by atoms with van der Waals surface area (Å²) in [5, 5.41) is 3.86. The molecule has 0 atom stereocenters. The molecule has 100 valence electrons. The first-order valence-corrected chi connectivity index (χ1v) is 5.68. The monoisotopic (exact) mass is 270 g/mol. The molecule has 8 heteroatoms. The lowest BCUT2D eigenvalue weighted by Gasteiger charge is -1.97. The SMILES string of the molecule is COc1cc(-c2noc(-c3ccc(N)cn3)n2)ncn1. The van der Waals surface area contributed by atoms with Gasteiger partial charge in [0.15, 0.2) is 0 Å². The van der Waals surface area contributed by atoms with Crippen LogP contribution < -0.4 is 10.5 Å². The molecule has 0 fully saturated rings. The van der Waals surface area contributed by atoms with Crippen LogP contribution in [0.4, 0.5) is 5.69 Å². The van der Waals surface area contributed by atoms with E-state index in [1.807, 2.05) is 0 Å². The largest absolute Gasteiger partial charge is 0.481 e. The minimum atomic E-state index is 0.289. The highest BCUT2D eigenvalue weighted by molar-refractivity contribution is 5.55. The van der Waals surface area contributed by atoms with E-state index in [0.29, 0.717) is 28.8 Å². The Morgan fingerprint density at radius 2 is 2.05 bits per heavy atom. The molecule has 20 heavy (non-hydrogen) atoms. The molecule has 3 aromatic rings. The normalized spacial score (nSPS) is 10.4. The summed E-state index contributed by atoms with van der Waals surface area (Å²) in [6.07, 6.45) is 2.89. The van der Waals surface area contributed by atoms with E-state index in [1.54, 1.807) is 18.2 Å². The summed E-state index contributed by atoms with van der Waals surface area (Å²) >= 11 is 0. The Morgan fingerprint density at radius 1 is 1.15 bits per heavy atom. The van der Waals surface area contributed by atoms with Crippen molar-refractivity contribution in [3.8, 4) is 29.0 Å². The summed E-state index contributed by atoms with van der Waals surface area (Å²) in [5.74, 6) is 1.05. The van der Waals surface area contributed by atoms with Crippen LogP contribution in [0, 0.1) is 0 Å². The third-order valence-corrected chi connectivity index (χ3v) is 2.51. The quantitative estimate of drug-likeness (QED) is 0.754. The van der Waals surface area contributed by atoms with Gasteiger partial charge in [-0.1, -0.05) is 5.16 Å². The zero-order valence-corrected chi connectivity index (χ0v) is 10.5. The third-order valence-electron chi connectivity index (χ3n) is 2.51. The second-order valence-electron chi connectivity index (χ2n) is 3.85. The van der Waals surface area contributed by atoms with Crippen LogP contribution in [-0.4, -0.2) is 32.2 Å². The lowest BCUT2D eigenvalue weighted by atomic mass is 10.3. The van der Waals surface area contributed by atoms with E-state index >= 15 is 0 Å². The molecule has 3 aromatic heterocycles. The minimum absolute atomic E-state index is 0.289. The van der Waals surface area contributed by atoms with Crippen molar-refractivity contribution < 1.29 is 9.26 Å². The summed E-state index contributed by atoms with van der Waals surface area (Å²) in [7, 11) is 1.52. The van der Waals surface area contributed by atoms with Gasteiger partial charge in [-0.3, -0.25) is 0 Å². The first-order valence-electron chi connectivity index (χ1n) is 5.68. The Morgan fingerprint density at radius 3 is 2.80 bits per heavy atom. The van der Waals surface area contributed by atoms with E-state index in [9.17, 15) is 0 Å². The van der Waals surface area contributed by atoms with Gasteiger partial charge in [-0.05, 0) is 12.1 Å². The fourth-order valence-electron chi connectivity index (χ4n) is 1.54. The number of hydrogen-bond donors (Lipinski definition) is 1. The highest BCUT2D eigenvalue weighted by atomic mass is 16.5. The van der Waals surface area contributed by atoms with Gasteiger partial charge in [-0.2, -0.15) is 4.98 Å². The van der Waals surface area contributed by atoms with Crippen molar-refractivity contribution in [3.63, 3.8) is 0 Å². The van der Waals surface area contributed by atoms with E-state index in [4.69, 9.17) is 15.0 Å². The molecular weight excluding hydrogens is 260 g/mol. The second-order valence-corrected chi connectivity index (χ2v) is 3.85. The molecule has 2 N–H and O–H groups in total. The van der Waals surface area contributed by atoms with Gasteiger partial charge in [0.2, 0.25) is 11.7 Å². The van der Waals surface area contributed by atoms with Crippen LogP contribution in [-0.2, 0) is 0 Å². The van der Waals surface area contributed by atoms with E-state index in [2.05, 4.69) is 25.1 Å². The molecular formula is C12H10N6O2. The topological polar surface area (TPSA) is 113 Å². The van der Waals surface area contributed by atoms with Crippen molar-refractivity contribution in [1.29, 1.82) is 0 Å². The summed E-state index contributed by atoms with van der Waals surface area (Å²) in [6, 6.07) is 5.03. The second kappa shape index (κ2) is 4.92. The van der Waals surface area contributed by atoms with E-state index < -0.39 is 0 Å². The van der Waals surface area contributed by atoms with Gasteiger partial charge in [0.1, 0.15) is 17.7 Å². The lowest BCUT2D eigenvalue weighted by Crippen LogP contribution is -1.92. The number of nitrogen functional groups attached to an aromatic ring is 1. The molecule has 0 saturated carbocycles. The highest BCUT2D eigenvalue weighted by Gasteiger charge is 2.13. The van der Waals surface area contributed by atoms with Crippen LogP contribution in [0.3, 0.4) is 0 Å². The Labute approximate surface area is 113 Å². The van der Waals surface area contributed by atoms with Crippen LogP contribution in [0.25, 0.3) is 23.1 Å². The average Bonchev–Trinajstić information content (AvgIpc) is 2.98. The molecule has 0 saturated heterocycles. The summed E-state index contributed by atoms with van der Waals surface area (Å²) in [4.78, 5) is 16.3. The molecule has 0 aliphatic heterocycles. The van der Waals surface area contributed by atoms with Crippen molar-refractivity contribution in [2.45, 2.75) is 0 Å². The fourth-order valence-corrected chi connectivity index (χ4v) is 1.54. The number of ether oxygens (including phenoxy) is 1. The van der Waals surface area contributed by atoms with Crippen LogP contribution in [0.1, 0.15) is 0 Å². The first-order chi connectivity index (χ1) is 9.76. The van der Waals surface area contributed by atoms with Crippen molar-refractivity contribution >= 4 is 5.69 Å². The number of nitrogens with zero attached hydrogens (tertiary/aromatic N) is 5. The van der Waals surface area contributed by atoms with Crippen LogP contribution >= 0.6 is 0 Å². The molecule has 0 radical (unpaired) electrons. The number of aromatic nitrogens is 5. The predicted octanol–water partition coefficient (Wildman–Crippen LogP) is 1.18. The zero-order valence-electron chi connectivity index (χ0n) is 10.5. The standard InChI is InChI=1S/C12H10N6O2/c1-19-10-4-9(15-6-16-10)11-17-12(20-18-11)8-3-2-7(13)5-14-8/h2-6H,13H2,1H3. The average molecular weight is 270 g/mol. The fraction of sp³-hybridized carbons (Fsp3) is 0.0833. The van der Waals surface area contributed by atoms with Gasteiger partial charge in [0, 0.05) is 6.07 Å². The number of rotatable bonds is 3. The van der Waals surface area contributed by atoms with Gasteiger partial charge >= 0.3 is 0 Å². The van der Waals surface area contributed by atoms with E-state index in [-0.39, 0.29) is 5.89 Å². The molecule has 0 aliphatic rings. The van der Waals surface area contributed by atoms with Gasteiger partial charge in [0.05, 0.1) is 19.0 Å². The number of methoxy groups -OCH3 is 1. The smallest absolute Gasteiger partial charge is 0.276 e. The van der Waals surface area contributed by atoms with Gasteiger partial charge in [0.25, 0.3) is 5.89 Å². The Kier molecular flexibility index (Phi) is 2.96. The van der Waals surface area contributed by atoms with Crippen molar-refractivity contribution in [3.05, 3.63) is 30.7 Å².